The first-order valence-corrected chi connectivity index (χ1v) is 6.66. The van der Waals surface area contributed by atoms with Crippen molar-refractivity contribution in [3.63, 3.8) is 0 Å². The van der Waals surface area contributed by atoms with Crippen LogP contribution in [0.25, 0.3) is 0 Å². The number of hydrogen-bond acceptors (Lipinski definition) is 2. The van der Waals surface area contributed by atoms with Gasteiger partial charge in [0.1, 0.15) is 5.82 Å². The highest BCUT2D eigenvalue weighted by molar-refractivity contribution is 6.33. The normalized spacial score (nSPS) is 25.6. The second kappa shape index (κ2) is 5.06. The van der Waals surface area contributed by atoms with Crippen LogP contribution in [0.3, 0.4) is 0 Å². The Morgan fingerprint density at radius 1 is 1.50 bits per heavy atom. The Balaban J connectivity index is 2.03. The van der Waals surface area contributed by atoms with Crippen LogP contribution >= 0.6 is 11.6 Å². The van der Waals surface area contributed by atoms with Crippen LogP contribution in [0.2, 0.25) is 5.02 Å². The zero-order valence-electron chi connectivity index (χ0n) is 11.0. The molecule has 0 bridgehead atoms. The number of nitrogens with one attached hydrogen (secondary N) is 1. The molecule has 2 rings (SSSR count). The van der Waals surface area contributed by atoms with Gasteiger partial charge in [-0.05, 0) is 31.5 Å². The van der Waals surface area contributed by atoms with Crippen LogP contribution in [0.1, 0.15) is 27.2 Å². The number of hydrogen-bond donors (Lipinski definition) is 1. The van der Waals surface area contributed by atoms with E-state index in [0.29, 0.717) is 11.1 Å². The minimum atomic E-state index is -0.314. The van der Waals surface area contributed by atoms with Gasteiger partial charge in [0.2, 0.25) is 0 Å². The van der Waals surface area contributed by atoms with E-state index in [0.717, 1.165) is 18.7 Å². The summed E-state index contributed by atoms with van der Waals surface area (Å²) in [4.78, 5) is 0. The molecule has 2 nitrogen and oxygen atoms in total. The summed E-state index contributed by atoms with van der Waals surface area (Å²) in [5.74, 6) is -0.314. The van der Waals surface area contributed by atoms with Crippen LogP contribution in [-0.4, -0.2) is 18.8 Å². The summed E-state index contributed by atoms with van der Waals surface area (Å²) < 4.78 is 18.6. The first-order chi connectivity index (χ1) is 8.45. The van der Waals surface area contributed by atoms with Crippen molar-refractivity contribution in [3.05, 3.63) is 29.0 Å². The summed E-state index contributed by atoms with van der Waals surface area (Å²) in [7, 11) is 0. The number of rotatable bonds is 4. The number of benzene rings is 1. The molecule has 0 radical (unpaired) electrons. The quantitative estimate of drug-likeness (QED) is 0.890. The molecular formula is C14H19ClFNO. The Labute approximate surface area is 112 Å². The average molecular weight is 272 g/mol. The van der Waals surface area contributed by atoms with Gasteiger partial charge >= 0.3 is 0 Å². The molecule has 0 spiro atoms. The van der Waals surface area contributed by atoms with E-state index < -0.39 is 0 Å². The highest BCUT2D eigenvalue weighted by atomic mass is 35.5. The zero-order valence-corrected chi connectivity index (χ0v) is 11.7. The molecule has 1 aliphatic carbocycles. The number of ether oxygens (including phenoxy) is 1. The van der Waals surface area contributed by atoms with Gasteiger partial charge in [0.05, 0.1) is 16.8 Å². The van der Waals surface area contributed by atoms with Gasteiger partial charge < -0.3 is 10.1 Å². The Morgan fingerprint density at radius 3 is 2.78 bits per heavy atom. The lowest BCUT2D eigenvalue weighted by atomic mass is 9.64. The lowest BCUT2D eigenvalue weighted by Gasteiger charge is -2.52. The SMILES string of the molecule is CCOC1CC(Nc2ccc(F)cc2Cl)C1(C)C. The molecule has 1 aromatic carbocycles. The monoisotopic (exact) mass is 271 g/mol. The molecule has 0 aromatic heterocycles. The molecule has 1 aromatic rings. The van der Waals surface area contributed by atoms with Crippen molar-refractivity contribution in [2.75, 3.05) is 11.9 Å². The third kappa shape index (κ3) is 2.47. The van der Waals surface area contributed by atoms with Gasteiger partial charge in [0.25, 0.3) is 0 Å². The van der Waals surface area contributed by atoms with Crippen molar-refractivity contribution in [1.82, 2.24) is 0 Å². The molecule has 0 heterocycles. The van der Waals surface area contributed by atoms with Gasteiger partial charge in [0, 0.05) is 18.1 Å². The molecule has 4 heteroatoms. The third-order valence-corrected chi connectivity index (χ3v) is 4.12. The Bertz CT molecular complexity index is 436. The molecule has 0 aliphatic heterocycles. The molecule has 18 heavy (non-hydrogen) atoms. The molecule has 0 amide bonds. The Morgan fingerprint density at radius 2 is 2.22 bits per heavy atom. The highest BCUT2D eigenvalue weighted by Crippen LogP contribution is 2.44. The standard InChI is InChI=1S/C14H19ClFNO/c1-4-18-13-8-12(14(13,2)3)17-11-6-5-9(16)7-10(11)15/h5-7,12-13,17H,4,8H2,1-3H3. The fourth-order valence-electron chi connectivity index (χ4n) is 2.41. The third-order valence-electron chi connectivity index (χ3n) is 3.81. The zero-order chi connectivity index (χ0) is 13.3. The van der Waals surface area contributed by atoms with E-state index in [2.05, 4.69) is 19.2 Å². The molecule has 1 N–H and O–H groups in total. The van der Waals surface area contributed by atoms with Crippen molar-refractivity contribution < 1.29 is 9.13 Å². The van der Waals surface area contributed by atoms with Crippen molar-refractivity contribution in [2.24, 2.45) is 5.41 Å². The molecule has 2 atom stereocenters. The smallest absolute Gasteiger partial charge is 0.124 e. The van der Waals surface area contributed by atoms with E-state index in [4.69, 9.17) is 16.3 Å². The maximum Gasteiger partial charge on any atom is 0.124 e. The van der Waals surface area contributed by atoms with Gasteiger partial charge in [-0.2, -0.15) is 0 Å². The molecule has 100 valence electrons. The summed E-state index contributed by atoms with van der Waals surface area (Å²) in [5, 5.41) is 3.80. The molecule has 2 unspecified atom stereocenters. The maximum absolute atomic E-state index is 13.0. The average Bonchev–Trinajstić information content (AvgIpc) is 2.30. The van der Waals surface area contributed by atoms with Gasteiger partial charge in [0.15, 0.2) is 0 Å². The van der Waals surface area contributed by atoms with Crippen molar-refractivity contribution in [2.45, 2.75) is 39.3 Å². The molecular weight excluding hydrogens is 253 g/mol. The van der Waals surface area contributed by atoms with E-state index >= 15 is 0 Å². The Hall–Kier alpha value is -0.800. The van der Waals surface area contributed by atoms with Crippen LogP contribution in [0.4, 0.5) is 10.1 Å². The molecule has 1 aliphatic rings. The minimum Gasteiger partial charge on any atom is -0.380 e. The predicted molar refractivity (Wildman–Crippen MR) is 72.6 cm³/mol. The summed E-state index contributed by atoms with van der Waals surface area (Å²) in [6, 6.07) is 4.73. The summed E-state index contributed by atoms with van der Waals surface area (Å²) in [6.45, 7) is 7.09. The maximum atomic E-state index is 13.0. The topological polar surface area (TPSA) is 21.3 Å². The highest BCUT2D eigenvalue weighted by Gasteiger charge is 2.48. The first kappa shape index (κ1) is 13.6. The summed E-state index contributed by atoms with van der Waals surface area (Å²) in [6.07, 6.45) is 1.23. The number of anilines is 1. The van der Waals surface area contributed by atoms with Crippen LogP contribution in [0, 0.1) is 11.2 Å². The Kier molecular flexibility index (Phi) is 3.83. The van der Waals surface area contributed by atoms with Gasteiger partial charge in [-0.15, -0.1) is 0 Å². The second-order valence-electron chi connectivity index (χ2n) is 5.32. The molecule has 1 fully saturated rings. The molecule has 0 saturated heterocycles. The predicted octanol–water partition coefficient (Wildman–Crippen LogP) is 4.09. The van der Waals surface area contributed by atoms with E-state index in [9.17, 15) is 4.39 Å². The fraction of sp³-hybridized carbons (Fsp3) is 0.571. The summed E-state index contributed by atoms with van der Waals surface area (Å²) in [5.41, 5.74) is 0.847. The van der Waals surface area contributed by atoms with Crippen molar-refractivity contribution in [1.29, 1.82) is 0 Å². The second-order valence-corrected chi connectivity index (χ2v) is 5.73. The van der Waals surface area contributed by atoms with E-state index in [1.165, 1.54) is 12.1 Å². The first-order valence-electron chi connectivity index (χ1n) is 6.28. The largest absolute Gasteiger partial charge is 0.380 e. The minimum absolute atomic E-state index is 0.0632. The van der Waals surface area contributed by atoms with Crippen molar-refractivity contribution in [3.8, 4) is 0 Å². The van der Waals surface area contributed by atoms with Gasteiger partial charge in [-0.3, -0.25) is 0 Å². The number of halogens is 2. The van der Waals surface area contributed by atoms with Crippen molar-refractivity contribution >= 4 is 17.3 Å². The lowest BCUT2D eigenvalue weighted by Crippen LogP contribution is -2.58. The van der Waals surface area contributed by atoms with Crippen LogP contribution < -0.4 is 5.32 Å². The molecule has 1 saturated carbocycles. The van der Waals surface area contributed by atoms with Crippen LogP contribution in [0.5, 0.6) is 0 Å². The van der Waals surface area contributed by atoms with Gasteiger partial charge in [-0.25, -0.2) is 4.39 Å². The van der Waals surface area contributed by atoms with Crippen LogP contribution in [-0.2, 0) is 4.74 Å². The van der Waals surface area contributed by atoms with Gasteiger partial charge in [-0.1, -0.05) is 25.4 Å². The van der Waals surface area contributed by atoms with E-state index in [-0.39, 0.29) is 17.3 Å². The summed E-state index contributed by atoms with van der Waals surface area (Å²) >= 11 is 6.01. The van der Waals surface area contributed by atoms with Crippen LogP contribution in [0.15, 0.2) is 18.2 Å². The lowest BCUT2D eigenvalue weighted by molar-refractivity contribution is -0.0975. The van der Waals surface area contributed by atoms with E-state index in [1.54, 1.807) is 6.07 Å². The van der Waals surface area contributed by atoms with E-state index in [1.807, 2.05) is 6.92 Å². The fourth-order valence-corrected chi connectivity index (χ4v) is 2.63.